The molecule has 0 aliphatic carbocycles. The van der Waals surface area contributed by atoms with Gasteiger partial charge in [-0.05, 0) is 77.2 Å². The molecule has 0 amide bonds. The van der Waals surface area contributed by atoms with Gasteiger partial charge in [0.2, 0.25) is 0 Å². The molecular weight excluding hydrogens is 490 g/mol. The summed E-state index contributed by atoms with van der Waals surface area (Å²) in [7, 11) is -4.89. The van der Waals surface area contributed by atoms with E-state index in [1.54, 1.807) is 18.2 Å². The summed E-state index contributed by atoms with van der Waals surface area (Å²) in [5.74, 6) is 0.637. The first-order valence-electron chi connectivity index (χ1n) is 11.4. The van der Waals surface area contributed by atoms with Crippen molar-refractivity contribution in [3.63, 3.8) is 0 Å². The van der Waals surface area contributed by atoms with E-state index in [1.807, 2.05) is 6.07 Å². The topological polar surface area (TPSA) is 89.5 Å². The van der Waals surface area contributed by atoms with Crippen molar-refractivity contribution >= 4 is 15.6 Å². The average Bonchev–Trinajstić information content (AvgIpc) is 2.84. The summed E-state index contributed by atoms with van der Waals surface area (Å²) in [6.45, 7) is 8.84. The molecule has 1 aromatic rings. The van der Waals surface area contributed by atoms with Crippen LogP contribution in [0.1, 0.15) is 58.9 Å². The van der Waals surface area contributed by atoms with Crippen LogP contribution < -0.4 is 4.74 Å². The Kier molecular flexibility index (Phi) is 14.7. The average molecular weight is 531 g/mol. The fraction of sp³-hybridized carbons (Fsp3) is 0.520. The van der Waals surface area contributed by atoms with E-state index in [2.05, 4.69) is 55.0 Å². The van der Waals surface area contributed by atoms with Crippen molar-refractivity contribution in [3.05, 3.63) is 64.8 Å². The van der Waals surface area contributed by atoms with Crippen molar-refractivity contribution in [3.8, 4) is 5.75 Å². The van der Waals surface area contributed by atoms with Gasteiger partial charge in [0.05, 0.1) is 6.61 Å². The molecule has 8 nitrogen and oxygen atoms in total. The molecule has 0 spiro atoms. The molecule has 1 atom stereocenters. The Balaban J connectivity index is 2.55. The summed E-state index contributed by atoms with van der Waals surface area (Å²) in [6.07, 6.45) is 10.8. The Morgan fingerprint density at radius 3 is 2.03 bits per heavy atom. The molecule has 0 heterocycles. The second-order valence-corrected chi connectivity index (χ2v) is 12.0. The molecule has 35 heavy (non-hydrogen) atoms. The third-order valence-corrected chi connectivity index (χ3v) is 8.35. The second-order valence-electron chi connectivity index (χ2n) is 8.22. The first kappa shape index (κ1) is 31.5. The molecule has 0 saturated heterocycles. The molecule has 1 rings (SSSR count). The van der Waals surface area contributed by atoms with E-state index in [0.717, 1.165) is 47.0 Å². The van der Waals surface area contributed by atoms with Crippen molar-refractivity contribution in [2.45, 2.75) is 60.0 Å². The van der Waals surface area contributed by atoms with Crippen LogP contribution in [0.5, 0.6) is 5.75 Å². The number of hydrogen-bond acceptors (Lipinski definition) is 8. The SMILES string of the molecule is COP(=O)(OC)OP(=O)(OC)OCc1cccc(OC/C=C(\C)CC/C(C)=C/CCC=C(C)C)c1. The second kappa shape index (κ2) is 16.3. The van der Waals surface area contributed by atoms with E-state index in [-0.39, 0.29) is 6.61 Å². The van der Waals surface area contributed by atoms with Crippen LogP contribution in [0.4, 0.5) is 0 Å². The van der Waals surface area contributed by atoms with Crippen molar-refractivity contribution in [1.82, 2.24) is 0 Å². The van der Waals surface area contributed by atoms with Gasteiger partial charge in [-0.25, -0.2) is 9.13 Å². The third kappa shape index (κ3) is 13.4. The van der Waals surface area contributed by atoms with Crippen LogP contribution in [0.2, 0.25) is 0 Å². The Bertz CT molecular complexity index is 956. The highest BCUT2D eigenvalue weighted by Crippen LogP contribution is 2.65. The molecule has 0 fully saturated rings. The first-order valence-corrected chi connectivity index (χ1v) is 14.4. The maximum Gasteiger partial charge on any atom is 0.483 e. The molecule has 0 radical (unpaired) electrons. The van der Waals surface area contributed by atoms with Gasteiger partial charge in [0.1, 0.15) is 12.4 Å². The van der Waals surface area contributed by atoms with E-state index in [4.69, 9.17) is 18.1 Å². The largest absolute Gasteiger partial charge is 0.490 e. The van der Waals surface area contributed by atoms with Crippen LogP contribution in [0, 0.1) is 0 Å². The molecule has 0 bridgehead atoms. The van der Waals surface area contributed by atoms with E-state index in [9.17, 15) is 9.13 Å². The molecule has 1 aromatic carbocycles. The monoisotopic (exact) mass is 530 g/mol. The number of allylic oxidation sites excluding steroid dienone is 5. The normalized spacial score (nSPS) is 14.5. The summed E-state index contributed by atoms with van der Waals surface area (Å²) in [6, 6.07) is 7.14. The van der Waals surface area contributed by atoms with Gasteiger partial charge in [-0.1, -0.05) is 41.0 Å². The van der Waals surface area contributed by atoms with Crippen molar-refractivity contribution in [2.75, 3.05) is 27.9 Å². The number of phosphoric acid groups is 2. The van der Waals surface area contributed by atoms with Crippen molar-refractivity contribution in [1.29, 1.82) is 0 Å². The van der Waals surface area contributed by atoms with Crippen LogP contribution >= 0.6 is 15.6 Å². The van der Waals surface area contributed by atoms with Gasteiger partial charge in [0.15, 0.2) is 0 Å². The molecule has 1 unspecified atom stereocenters. The first-order chi connectivity index (χ1) is 16.5. The quantitative estimate of drug-likeness (QED) is 0.113. The Hall–Kier alpha value is -1.50. The van der Waals surface area contributed by atoms with Gasteiger partial charge in [-0.15, -0.1) is 0 Å². The third-order valence-electron chi connectivity index (χ3n) is 4.97. The lowest BCUT2D eigenvalue weighted by Crippen LogP contribution is -2.00. The molecule has 0 aliphatic rings. The molecular formula is C25H40O8P2. The Morgan fingerprint density at radius 2 is 1.43 bits per heavy atom. The Labute approximate surface area is 210 Å². The zero-order valence-corrected chi connectivity index (χ0v) is 23.7. The standard InChI is InChI=1S/C25H40O8P2/c1-21(2)11-8-9-12-22(3)15-16-23(4)17-18-31-25-14-10-13-24(19-25)20-32-35(27,30-7)33-34(26,28-5)29-6/h10-14,17,19H,8-9,15-16,18,20H2,1-7H3/b22-12+,23-17+. The maximum absolute atomic E-state index is 12.6. The summed E-state index contributed by atoms with van der Waals surface area (Å²) < 4.78 is 54.7. The highest BCUT2D eigenvalue weighted by atomic mass is 31.3. The molecule has 10 heteroatoms. The molecule has 0 aromatic heterocycles. The lowest BCUT2D eigenvalue weighted by Gasteiger charge is -2.19. The predicted molar refractivity (Wildman–Crippen MR) is 139 cm³/mol. The van der Waals surface area contributed by atoms with Gasteiger partial charge >= 0.3 is 15.6 Å². The number of phosphoric ester groups is 2. The summed E-state index contributed by atoms with van der Waals surface area (Å²) in [5.41, 5.74) is 4.69. The van der Waals surface area contributed by atoms with E-state index in [1.165, 1.54) is 16.7 Å². The minimum Gasteiger partial charge on any atom is -0.490 e. The zero-order chi connectivity index (χ0) is 26.3. The van der Waals surface area contributed by atoms with Crippen molar-refractivity contribution < 1.29 is 36.3 Å². The molecule has 0 saturated carbocycles. The number of unbranched alkanes of at least 4 members (excludes halogenated alkanes) is 1. The lowest BCUT2D eigenvalue weighted by molar-refractivity contribution is 0.138. The molecule has 198 valence electrons. The highest BCUT2D eigenvalue weighted by molar-refractivity contribution is 7.62. The van der Waals surface area contributed by atoms with Crippen LogP contribution in [-0.2, 0) is 38.1 Å². The fourth-order valence-corrected chi connectivity index (χ4v) is 5.36. The fourth-order valence-electron chi connectivity index (χ4n) is 2.83. The van der Waals surface area contributed by atoms with Crippen LogP contribution in [0.15, 0.2) is 59.2 Å². The highest BCUT2D eigenvalue weighted by Gasteiger charge is 2.38. The van der Waals surface area contributed by atoms with Gasteiger partial charge < -0.3 is 4.74 Å². The lowest BCUT2D eigenvalue weighted by atomic mass is 10.1. The van der Waals surface area contributed by atoms with E-state index in [0.29, 0.717) is 17.9 Å². The maximum atomic E-state index is 12.6. The summed E-state index contributed by atoms with van der Waals surface area (Å²) in [5, 5.41) is 0. The zero-order valence-electron chi connectivity index (χ0n) is 21.9. The van der Waals surface area contributed by atoms with Crippen LogP contribution in [0.25, 0.3) is 0 Å². The Morgan fingerprint density at radius 1 is 0.829 bits per heavy atom. The van der Waals surface area contributed by atoms with Gasteiger partial charge in [0.25, 0.3) is 0 Å². The summed E-state index contributed by atoms with van der Waals surface area (Å²) >= 11 is 0. The van der Waals surface area contributed by atoms with Gasteiger partial charge in [-0.3, -0.25) is 18.1 Å². The minimum absolute atomic E-state index is 0.121. The van der Waals surface area contributed by atoms with E-state index >= 15 is 0 Å². The molecule has 0 N–H and O–H groups in total. The van der Waals surface area contributed by atoms with Crippen LogP contribution in [-0.4, -0.2) is 27.9 Å². The smallest absolute Gasteiger partial charge is 0.483 e. The van der Waals surface area contributed by atoms with E-state index < -0.39 is 15.6 Å². The number of rotatable bonds is 17. The number of hydrogen-bond donors (Lipinski definition) is 0. The van der Waals surface area contributed by atoms with Crippen LogP contribution in [0.3, 0.4) is 0 Å². The minimum atomic E-state index is -4.17. The number of benzene rings is 1. The molecule has 0 aliphatic heterocycles. The van der Waals surface area contributed by atoms with Crippen molar-refractivity contribution in [2.24, 2.45) is 0 Å². The van der Waals surface area contributed by atoms with Gasteiger partial charge in [-0.2, -0.15) is 4.31 Å². The predicted octanol–water partition coefficient (Wildman–Crippen LogP) is 8.17. The number of ether oxygens (including phenoxy) is 1. The van der Waals surface area contributed by atoms with Gasteiger partial charge in [0, 0.05) is 21.3 Å². The summed E-state index contributed by atoms with van der Waals surface area (Å²) in [4.78, 5) is 0.